The Hall–Kier alpha value is -3.26. The molecule has 28 heavy (non-hydrogen) atoms. The van der Waals surface area contributed by atoms with E-state index in [0.717, 1.165) is 5.56 Å². The van der Waals surface area contributed by atoms with E-state index in [4.69, 9.17) is 0 Å². The van der Waals surface area contributed by atoms with Crippen LogP contribution in [0.5, 0.6) is 0 Å². The minimum Gasteiger partial charge on any atom is -0.299 e. The van der Waals surface area contributed by atoms with E-state index in [9.17, 15) is 14.9 Å². The summed E-state index contributed by atoms with van der Waals surface area (Å²) >= 11 is 1.17. The lowest BCUT2D eigenvalue weighted by atomic mass is 10.0. The lowest BCUT2D eigenvalue weighted by Gasteiger charge is -2.03. The first-order valence-electron chi connectivity index (χ1n) is 8.59. The van der Waals surface area contributed by atoms with Crippen molar-refractivity contribution in [3.05, 3.63) is 80.2 Å². The fourth-order valence-corrected chi connectivity index (χ4v) is 3.21. The molecule has 1 amide bonds. The molecule has 0 saturated carbocycles. The van der Waals surface area contributed by atoms with Crippen LogP contribution >= 0.6 is 11.8 Å². The van der Waals surface area contributed by atoms with Gasteiger partial charge in [-0.2, -0.15) is 5.10 Å². The fraction of sp³-hybridized carbons (Fsp3) is 0.150. The molecule has 0 radical (unpaired) electrons. The van der Waals surface area contributed by atoms with E-state index in [1.807, 2.05) is 12.1 Å². The predicted octanol–water partition coefficient (Wildman–Crippen LogP) is 4.31. The summed E-state index contributed by atoms with van der Waals surface area (Å²) in [6, 6.07) is 14.0. The van der Waals surface area contributed by atoms with Gasteiger partial charge in [0.15, 0.2) is 5.17 Å². The molecule has 0 aliphatic carbocycles. The Morgan fingerprint density at radius 3 is 2.32 bits per heavy atom. The summed E-state index contributed by atoms with van der Waals surface area (Å²) in [5, 5.41) is 21.8. The summed E-state index contributed by atoms with van der Waals surface area (Å²) in [6.45, 7) is 4.27. The zero-order chi connectivity index (χ0) is 20.1. The molecule has 7 nitrogen and oxygen atoms in total. The van der Waals surface area contributed by atoms with Crippen LogP contribution in [0.15, 0.2) is 63.6 Å². The summed E-state index contributed by atoms with van der Waals surface area (Å²) in [5.41, 5.74) is 2.87. The molecule has 8 heteroatoms. The Morgan fingerprint density at radius 2 is 1.71 bits per heavy atom. The van der Waals surface area contributed by atoms with Crippen molar-refractivity contribution < 1.29 is 9.72 Å². The van der Waals surface area contributed by atoms with Gasteiger partial charge in [0.25, 0.3) is 11.6 Å². The number of non-ortho nitro benzene ring substituents is 1. The van der Waals surface area contributed by atoms with Gasteiger partial charge in [-0.3, -0.25) is 20.2 Å². The van der Waals surface area contributed by atoms with Crippen LogP contribution in [0, 0.1) is 10.1 Å². The van der Waals surface area contributed by atoms with Crippen LogP contribution in [-0.2, 0) is 4.79 Å². The molecule has 142 valence electrons. The first kappa shape index (κ1) is 19.5. The quantitative estimate of drug-likeness (QED) is 0.354. The number of nitro benzene ring substituents is 1. The van der Waals surface area contributed by atoms with Crippen molar-refractivity contribution in [2.75, 3.05) is 0 Å². The lowest BCUT2D eigenvalue weighted by Crippen LogP contribution is -2.19. The van der Waals surface area contributed by atoms with E-state index >= 15 is 0 Å². The van der Waals surface area contributed by atoms with Crippen LogP contribution in [-0.4, -0.2) is 22.2 Å². The molecule has 0 bridgehead atoms. The van der Waals surface area contributed by atoms with Crippen molar-refractivity contribution in [2.24, 2.45) is 10.2 Å². The molecule has 1 N–H and O–H groups in total. The van der Waals surface area contributed by atoms with Gasteiger partial charge in [-0.25, -0.2) is 0 Å². The van der Waals surface area contributed by atoms with E-state index in [0.29, 0.717) is 21.6 Å². The summed E-state index contributed by atoms with van der Waals surface area (Å²) in [7, 11) is 0. The van der Waals surface area contributed by atoms with Crippen LogP contribution in [0.3, 0.4) is 0 Å². The van der Waals surface area contributed by atoms with Crippen molar-refractivity contribution in [3.63, 3.8) is 0 Å². The first-order chi connectivity index (χ1) is 13.4. The molecule has 2 aromatic rings. The van der Waals surface area contributed by atoms with Crippen molar-refractivity contribution >= 4 is 40.8 Å². The smallest absolute Gasteiger partial charge is 0.269 e. The van der Waals surface area contributed by atoms with Crippen LogP contribution in [0.1, 0.15) is 36.5 Å². The average Bonchev–Trinajstić information content (AvgIpc) is 3.02. The standard InChI is InChI=1S/C20H18N4O3S/c1-13(2)16-7-3-15(4-8-16)12-21-23-20-22-19(25)18(28-20)11-14-5-9-17(10-6-14)24(26)27/h3-13H,1-2H3,(H,22,23,25)/b18-11+,21-12+. The predicted molar refractivity (Wildman–Crippen MR) is 112 cm³/mol. The van der Waals surface area contributed by atoms with Gasteiger partial charge in [-0.15, -0.1) is 5.10 Å². The molecule has 0 unspecified atom stereocenters. The van der Waals surface area contributed by atoms with Crippen molar-refractivity contribution in [2.45, 2.75) is 19.8 Å². The summed E-state index contributed by atoms with van der Waals surface area (Å²) in [5.74, 6) is 0.191. The van der Waals surface area contributed by atoms with E-state index in [2.05, 4.69) is 41.5 Å². The number of benzene rings is 2. The first-order valence-corrected chi connectivity index (χ1v) is 9.40. The number of nitrogens with one attached hydrogen (secondary N) is 1. The molecule has 1 heterocycles. The van der Waals surface area contributed by atoms with Gasteiger partial charge in [0.2, 0.25) is 0 Å². The van der Waals surface area contributed by atoms with Gasteiger partial charge < -0.3 is 0 Å². The number of rotatable bonds is 5. The molecule has 3 rings (SSSR count). The number of carbonyl (C=O) groups excluding carboxylic acids is 1. The molecule has 1 fully saturated rings. The van der Waals surface area contributed by atoms with Gasteiger partial charge in [0.1, 0.15) is 0 Å². The number of amidine groups is 1. The maximum absolute atomic E-state index is 12.1. The second-order valence-corrected chi connectivity index (χ2v) is 7.42. The monoisotopic (exact) mass is 394 g/mol. The normalized spacial score (nSPS) is 17.0. The van der Waals surface area contributed by atoms with Gasteiger partial charge in [-0.05, 0) is 52.6 Å². The van der Waals surface area contributed by atoms with Crippen molar-refractivity contribution in [1.82, 2.24) is 5.32 Å². The number of nitro groups is 1. The van der Waals surface area contributed by atoms with E-state index < -0.39 is 4.92 Å². The highest BCUT2D eigenvalue weighted by Crippen LogP contribution is 2.26. The Labute approximate surface area is 166 Å². The number of nitrogens with zero attached hydrogens (tertiary/aromatic N) is 3. The van der Waals surface area contributed by atoms with Crippen molar-refractivity contribution in [1.29, 1.82) is 0 Å². The SMILES string of the molecule is CC(C)c1ccc(/C=N/N=C2\NC(=O)/C(=C\c3ccc([N+](=O)[O-])cc3)S2)cc1. The molecule has 0 aromatic heterocycles. The highest BCUT2D eigenvalue weighted by atomic mass is 32.2. The summed E-state index contributed by atoms with van der Waals surface area (Å²) < 4.78 is 0. The topological polar surface area (TPSA) is 97.0 Å². The number of thioether (sulfide) groups is 1. The molecule has 1 aliphatic rings. The molecule has 2 aromatic carbocycles. The molecule has 1 aliphatic heterocycles. The number of carbonyl (C=O) groups is 1. The number of hydrogen-bond donors (Lipinski definition) is 1. The van der Waals surface area contributed by atoms with Crippen LogP contribution in [0.4, 0.5) is 5.69 Å². The third-order valence-electron chi connectivity index (χ3n) is 4.01. The second-order valence-electron chi connectivity index (χ2n) is 6.38. The Balaban J connectivity index is 1.66. The molecule has 1 saturated heterocycles. The average molecular weight is 394 g/mol. The Kier molecular flexibility index (Phi) is 6.00. The van der Waals surface area contributed by atoms with Crippen LogP contribution in [0.25, 0.3) is 6.08 Å². The minimum atomic E-state index is -0.465. The lowest BCUT2D eigenvalue weighted by molar-refractivity contribution is -0.384. The van der Waals surface area contributed by atoms with Crippen LogP contribution in [0.2, 0.25) is 0 Å². The zero-order valence-electron chi connectivity index (χ0n) is 15.3. The fourth-order valence-electron chi connectivity index (χ4n) is 2.43. The molecular formula is C20H18N4O3S. The van der Waals surface area contributed by atoms with Gasteiger partial charge in [-0.1, -0.05) is 38.1 Å². The second kappa shape index (κ2) is 8.62. The molecule has 0 atom stereocenters. The maximum atomic E-state index is 12.1. The largest absolute Gasteiger partial charge is 0.299 e. The Bertz CT molecular complexity index is 978. The summed E-state index contributed by atoms with van der Waals surface area (Å²) in [6.07, 6.45) is 3.28. The third kappa shape index (κ3) is 4.92. The Morgan fingerprint density at radius 1 is 1.07 bits per heavy atom. The molecular weight excluding hydrogens is 376 g/mol. The highest BCUT2D eigenvalue weighted by molar-refractivity contribution is 8.18. The van der Waals surface area contributed by atoms with Gasteiger partial charge in [0, 0.05) is 12.1 Å². The maximum Gasteiger partial charge on any atom is 0.269 e. The number of amides is 1. The zero-order valence-corrected chi connectivity index (χ0v) is 16.1. The van der Waals surface area contributed by atoms with E-state index in [-0.39, 0.29) is 11.6 Å². The number of hydrogen-bond acceptors (Lipinski definition) is 6. The van der Waals surface area contributed by atoms with Crippen LogP contribution < -0.4 is 5.32 Å². The molecule has 0 spiro atoms. The van der Waals surface area contributed by atoms with Gasteiger partial charge >= 0.3 is 0 Å². The van der Waals surface area contributed by atoms with Gasteiger partial charge in [0.05, 0.1) is 16.0 Å². The van der Waals surface area contributed by atoms with E-state index in [1.165, 1.54) is 29.5 Å². The van der Waals surface area contributed by atoms with E-state index in [1.54, 1.807) is 24.4 Å². The third-order valence-corrected chi connectivity index (χ3v) is 4.91. The minimum absolute atomic E-state index is 0.00342. The summed E-state index contributed by atoms with van der Waals surface area (Å²) in [4.78, 5) is 22.7. The van der Waals surface area contributed by atoms with Crippen molar-refractivity contribution in [3.8, 4) is 0 Å². The highest BCUT2D eigenvalue weighted by Gasteiger charge is 2.23.